The number of thioether (sulfide) groups is 1. The van der Waals surface area contributed by atoms with Crippen molar-refractivity contribution in [3.8, 4) is 5.40 Å². The summed E-state index contributed by atoms with van der Waals surface area (Å²) < 4.78 is 67.0. The molecule has 0 spiro atoms. The Labute approximate surface area is 194 Å². The molecule has 2 aliphatic rings. The van der Waals surface area contributed by atoms with Crippen LogP contribution < -0.4 is 0 Å². The van der Waals surface area contributed by atoms with Gasteiger partial charge in [0.2, 0.25) is 0 Å². The van der Waals surface area contributed by atoms with Gasteiger partial charge in [-0.2, -0.15) is 27.1 Å². The van der Waals surface area contributed by atoms with Gasteiger partial charge in [0, 0.05) is 4.90 Å². The van der Waals surface area contributed by atoms with Crippen molar-refractivity contribution in [1.29, 1.82) is 5.26 Å². The molecule has 2 N–H and O–H groups in total. The Morgan fingerprint density at radius 1 is 0.938 bits per heavy atom. The molecule has 32 heavy (non-hydrogen) atoms. The second-order valence-electron chi connectivity index (χ2n) is 7.78. The van der Waals surface area contributed by atoms with Crippen LogP contribution in [0.4, 0.5) is 5.69 Å². The van der Waals surface area contributed by atoms with Crippen molar-refractivity contribution in [2.45, 2.75) is 39.4 Å². The Hall–Kier alpha value is -2.10. The van der Waals surface area contributed by atoms with Crippen LogP contribution in [0.25, 0.3) is 0 Å². The average molecular weight is 509 g/mol. The molecule has 2 aliphatic carbocycles. The molecule has 0 saturated heterocycles. The second-order valence-corrected chi connectivity index (χ2v) is 11.6. The molecular weight excluding hydrogens is 492 g/mol. The van der Waals surface area contributed by atoms with E-state index in [4.69, 9.17) is 5.26 Å². The SMILES string of the molecule is N#CSc1ccc(C2CC2C2CC2c2ccc(N=C=S)cc2S(=O)(=O)O)c(S(=O)(=O)O)c1. The third kappa shape index (κ3) is 4.65. The van der Waals surface area contributed by atoms with Gasteiger partial charge in [0.25, 0.3) is 20.2 Å². The van der Waals surface area contributed by atoms with Crippen molar-refractivity contribution in [1.82, 2.24) is 0 Å². The zero-order valence-corrected chi connectivity index (χ0v) is 19.5. The lowest BCUT2D eigenvalue weighted by atomic mass is 10.0. The molecular formula is C20H16N2O6S4. The van der Waals surface area contributed by atoms with Gasteiger partial charge in [0.15, 0.2) is 0 Å². The van der Waals surface area contributed by atoms with Crippen LogP contribution in [0.1, 0.15) is 35.8 Å². The molecule has 2 saturated carbocycles. The van der Waals surface area contributed by atoms with E-state index in [1.165, 1.54) is 12.1 Å². The fourth-order valence-electron chi connectivity index (χ4n) is 4.43. The Bertz CT molecular complexity index is 1410. The van der Waals surface area contributed by atoms with E-state index >= 15 is 0 Å². The summed E-state index contributed by atoms with van der Waals surface area (Å²) in [5.41, 5.74) is 1.25. The van der Waals surface area contributed by atoms with Gasteiger partial charge in [-0.1, -0.05) is 12.1 Å². The van der Waals surface area contributed by atoms with Crippen molar-refractivity contribution in [3.63, 3.8) is 0 Å². The van der Waals surface area contributed by atoms with Crippen LogP contribution in [0, 0.1) is 22.5 Å². The maximum atomic E-state index is 11.9. The van der Waals surface area contributed by atoms with E-state index in [2.05, 4.69) is 22.4 Å². The number of thiocyanates is 1. The summed E-state index contributed by atoms with van der Waals surface area (Å²) >= 11 is 5.34. The van der Waals surface area contributed by atoms with E-state index in [-0.39, 0.29) is 39.1 Å². The summed E-state index contributed by atoms with van der Waals surface area (Å²) in [7, 11) is -8.94. The van der Waals surface area contributed by atoms with Crippen LogP contribution in [0.15, 0.2) is 56.1 Å². The number of hydrogen-bond donors (Lipinski definition) is 2. The molecule has 4 atom stereocenters. The molecule has 0 amide bonds. The predicted octanol–water partition coefficient (Wildman–Crippen LogP) is 4.39. The van der Waals surface area contributed by atoms with Crippen LogP contribution in [-0.2, 0) is 20.2 Å². The van der Waals surface area contributed by atoms with Crippen molar-refractivity contribution < 1.29 is 25.9 Å². The van der Waals surface area contributed by atoms with Crippen LogP contribution in [-0.4, -0.2) is 31.1 Å². The van der Waals surface area contributed by atoms with Gasteiger partial charge in [-0.15, -0.1) is 0 Å². The topological polar surface area (TPSA) is 145 Å². The Kier molecular flexibility index (Phi) is 6.02. The van der Waals surface area contributed by atoms with Gasteiger partial charge >= 0.3 is 0 Å². The average Bonchev–Trinajstić information content (AvgIpc) is 3.60. The van der Waals surface area contributed by atoms with Crippen LogP contribution in [0.5, 0.6) is 0 Å². The second kappa shape index (κ2) is 8.35. The monoisotopic (exact) mass is 508 g/mol. The lowest BCUT2D eigenvalue weighted by Gasteiger charge is -2.09. The maximum Gasteiger partial charge on any atom is 0.294 e. The van der Waals surface area contributed by atoms with E-state index in [0.717, 1.165) is 11.8 Å². The molecule has 166 valence electrons. The minimum atomic E-state index is -4.47. The van der Waals surface area contributed by atoms with Crippen molar-refractivity contribution in [3.05, 3.63) is 47.5 Å². The van der Waals surface area contributed by atoms with Crippen LogP contribution in [0.2, 0.25) is 0 Å². The third-order valence-electron chi connectivity index (χ3n) is 5.90. The van der Waals surface area contributed by atoms with E-state index in [1.807, 2.05) is 5.40 Å². The minimum Gasteiger partial charge on any atom is -0.282 e. The molecule has 4 rings (SSSR count). The summed E-state index contributed by atoms with van der Waals surface area (Å²) in [5, 5.41) is 12.8. The van der Waals surface area contributed by atoms with E-state index in [9.17, 15) is 25.9 Å². The third-order valence-corrected chi connectivity index (χ3v) is 8.40. The van der Waals surface area contributed by atoms with E-state index in [0.29, 0.717) is 28.9 Å². The molecule has 0 aliphatic heterocycles. The molecule has 0 radical (unpaired) electrons. The van der Waals surface area contributed by atoms with E-state index in [1.54, 1.807) is 24.3 Å². The lowest BCUT2D eigenvalue weighted by molar-refractivity contribution is 0.479. The van der Waals surface area contributed by atoms with Gasteiger partial charge < -0.3 is 0 Å². The zero-order chi connectivity index (χ0) is 23.3. The first-order valence-corrected chi connectivity index (χ1v) is 13.5. The number of aliphatic imine (C=N–C) groups is 1. The standard InChI is InChI=1S/C20H16N2O6S4/c21-9-30-12-2-4-14(20(6-12)32(26,27)28)16-8-18(16)17-7-15(17)13-3-1-11(22-10-29)5-19(13)31(23,24)25/h1-6,15-18H,7-8H2,(H,23,24,25)(H,26,27,28). The molecule has 12 heteroatoms. The molecule has 4 unspecified atom stereocenters. The number of thiocarbonyl (C=S) groups is 1. The summed E-state index contributed by atoms with van der Waals surface area (Å²) in [4.78, 5) is 3.76. The molecule has 0 aromatic heterocycles. The zero-order valence-electron chi connectivity index (χ0n) is 16.2. The molecule has 2 fully saturated rings. The number of isothiocyanates is 1. The number of benzene rings is 2. The Balaban J connectivity index is 1.60. The van der Waals surface area contributed by atoms with Crippen molar-refractivity contribution in [2.75, 3.05) is 0 Å². The molecule has 2 aromatic carbocycles. The van der Waals surface area contributed by atoms with Gasteiger partial charge in [-0.25, -0.2) is 0 Å². The highest BCUT2D eigenvalue weighted by atomic mass is 32.2. The van der Waals surface area contributed by atoms with Gasteiger partial charge in [0.1, 0.15) is 5.40 Å². The normalized spacial score (nSPS) is 24.3. The predicted molar refractivity (Wildman–Crippen MR) is 120 cm³/mol. The molecule has 0 bridgehead atoms. The lowest BCUT2D eigenvalue weighted by Crippen LogP contribution is -2.04. The van der Waals surface area contributed by atoms with Crippen molar-refractivity contribution >= 4 is 55.1 Å². The smallest absolute Gasteiger partial charge is 0.282 e. The number of nitriles is 1. The summed E-state index contributed by atoms with van der Waals surface area (Å²) in [5.74, 6) is 0.0247. The number of hydrogen-bond acceptors (Lipinski definition) is 8. The van der Waals surface area contributed by atoms with Gasteiger partial charge in [-0.05, 0) is 95.9 Å². The summed E-state index contributed by atoms with van der Waals surface area (Å²) in [6.45, 7) is 0. The molecule has 2 aromatic rings. The first-order valence-electron chi connectivity index (χ1n) is 9.41. The van der Waals surface area contributed by atoms with Crippen LogP contribution >= 0.6 is 24.0 Å². The Morgan fingerprint density at radius 2 is 1.47 bits per heavy atom. The maximum absolute atomic E-state index is 11.9. The fraction of sp³-hybridized carbons (Fsp3) is 0.300. The molecule has 8 nitrogen and oxygen atoms in total. The first kappa shape index (κ1) is 23.1. The summed E-state index contributed by atoms with van der Waals surface area (Å²) in [6, 6.07) is 9.02. The number of rotatable bonds is 7. The Morgan fingerprint density at radius 3 is 1.97 bits per heavy atom. The van der Waals surface area contributed by atoms with E-state index < -0.39 is 20.2 Å². The van der Waals surface area contributed by atoms with Gasteiger partial charge in [0.05, 0.1) is 20.6 Å². The minimum absolute atomic E-state index is 0.101. The van der Waals surface area contributed by atoms with Gasteiger partial charge in [-0.3, -0.25) is 9.11 Å². The molecule has 0 heterocycles. The first-order chi connectivity index (χ1) is 15.0. The quantitative estimate of drug-likeness (QED) is 0.183. The largest absolute Gasteiger partial charge is 0.294 e. The van der Waals surface area contributed by atoms with Crippen LogP contribution in [0.3, 0.4) is 0 Å². The summed E-state index contributed by atoms with van der Waals surface area (Å²) in [6.07, 6.45) is 1.39. The highest BCUT2D eigenvalue weighted by Gasteiger charge is 2.55. The highest BCUT2D eigenvalue weighted by molar-refractivity contribution is 8.03. The van der Waals surface area contributed by atoms with Crippen molar-refractivity contribution in [2.24, 2.45) is 16.8 Å². The highest BCUT2D eigenvalue weighted by Crippen LogP contribution is 2.66. The number of nitrogens with zero attached hydrogens (tertiary/aromatic N) is 2. The fourth-order valence-corrected chi connectivity index (χ4v) is 6.60.